The number of rotatable bonds is 5. The molecule has 1 aliphatic rings. The van der Waals surface area contributed by atoms with Crippen molar-refractivity contribution in [3.8, 4) is 11.5 Å². The maximum atomic E-state index is 12.2. The van der Waals surface area contributed by atoms with E-state index in [-0.39, 0.29) is 19.3 Å². The van der Waals surface area contributed by atoms with Gasteiger partial charge in [-0.15, -0.1) is 0 Å². The number of fused-ring (bicyclic) bond motifs is 2. The highest BCUT2D eigenvalue weighted by Crippen LogP contribution is 2.32. The van der Waals surface area contributed by atoms with E-state index in [4.69, 9.17) is 14.2 Å². The summed E-state index contributed by atoms with van der Waals surface area (Å²) in [7, 11) is 0. The molecule has 1 N–H and O–H groups in total. The summed E-state index contributed by atoms with van der Waals surface area (Å²) in [5.74, 6) is 0.444. The molecule has 0 saturated heterocycles. The van der Waals surface area contributed by atoms with Gasteiger partial charge in [0.1, 0.15) is 0 Å². The quantitative estimate of drug-likeness (QED) is 0.706. The Hall–Kier alpha value is -3.54. The van der Waals surface area contributed by atoms with Crippen molar-refractivity contribution in [2.45, 2.75) is 6.54 Å². The lowest BCUT2D eigenvalue weighted by Crippen LogP contribution is -2.28. The molecular formula is C21H17NO5. The van der Waals surface area contributed by atoms with Gasteiger partial charge in [0.25, 0.3) is 5.91 Å². The molecule has 0 aliphatic carbocycles. The second kappa shape index (κ2) is 7.37. The van der Waals surface area contributed by atoms with Gasteiger partial charge in [-0.2, -0.15) is 0 Å². The van der Waals surface area contributed by atoms with Crippen molar-refractivity contribution in [3.63, 3.8) is 0 Å². The highest BCUT2D eigenvalue weighted by molar-refractivity contribution is 5.96. The first kappa shape index (κ1) is 16.9. The summed E-state index contributed by atoms with van der Waals surface area (Å²) < 4.78 is 15.7. The summed E-state index contributed by atoms with van der Waals surface area (Å²) in [6.45, 7) is 0.176. The van der Waals surface area contributed by atoms with Gasteiger partial charge in [-0.1, -0.05) is 36.4 Å². The fourth-order valence-corrected chi connectivity index (χ4v) is 2.83. The van der Waals surface area contributed by atoms with Crippen molar-refractivity contribution >= 4 is 22.6 Å². The van der Waals surface area contributed by atoms with Crippen LogP contribution in [-0.2, 0) is 16.1 Å². The molecule has 0 radical (unpaired) electrons. The average Bonchev–Trinajstić information content (AvgIpc) is 3.18. The molecule has 1 amide bonds. The second-order valence-corrected chi connectivity index (χ2v) is 6.10. The summed E-state index contributed by atoms with van der Waals surface area (Å²) >= 11 is 0. The minimum Gasteiger partial charge on any atom is -0.454 e. The zero-order valence-corrected chi connectivity index (χ0v) is 14.4. The third-order valence-corrected chi connectivity index (χ3v) is 4.25. The van der Waals surface area contributed by atoms with Crippen LogP contribution >= 0.6 is 0 Å². The molecule has 6 heteroatoms. The molecule has 0 aromatic heterocycles. The van der Waals surface area contributed by atoms with Gasteiger partial charge in [-0.3, -0.25) is 4.79 Å². The Kier molecular flexibility index (Phi) is 4.61. The highest BCUT2D eigenvalue weighted by Gasteiger charge is 2.14. The molecule has 27 heavy (non-hydrogen) atoms. The highest BCUT2D eigenvalue weighted by atomic mass is 16.7. The van der Waals surface area contributed by atoms with Crippen molar-refractivity contribution in [2.75, 3.05) is 13.4 Å². The fraction of sp³-hybridized carbons (Fsp3) is 0.143. The van der Waals surface area contributed by atoms with Crippen LogP contribution in [0.3, 0.4) is 0 Å². The lowest BCUT2D eigenvalue weighted by atomic mass is 10.1. The minimum absolute atomic E-state index is 0.204. The zero-order chi connectivity index (χ0) is 18.6. The lowest BCUT2D eigenvalue weighted by Gasteiger charge is -2.08. The van der Waals surface area contributed by atoms with Crippen LogP contribution in [0.15, 0.2) is 60.7 Å². The van der Waals surface area contributed by atoms with Crippen molar-refractivity contribution in [1.82, 2.24) is 5.32 Å². The molecule has 3 aromatic rings. The van der Waals surface area contributed by atoms with Crippen LogP contribution in [0, 0.1) is 0 Å². The van der Waals surface area contributed by atoms with Crippen LogP contribution < -0.4 is 14.8 Å². The van der Waals surface area contributed by atoms with Crippen LogP contribution in [0.2, 0.25) is 0 Å². The molecule has 3 aromatic carbocycles. The van der Waals surface area contributed by atoms with E-state index in [1.165, 1.54) is 0 Å². The van der Waals surface area contributed by atoms with Crippen LogP contribution in [-0.4, -0.2) is 25.3 Å². The van der Waals surface area contributed by atoms with E-state index in [1.807, 2.05) is 42.5 Å². The molecule has 0 fully saturated rings. The number of ether oxygens (including phenoxy) is 3. The molecular weight excluding hydrogens is 346 g/mol. The van der Waals surface area contributed by atoms with E-state index in [9.17, 15) is 9.59 Å². The summed E-state index contributed by atoms with van der Waals surface area (Å²) in [6, 6.07) is 18.5. The second-order valence-electron chi connectivity index (χ2n) is 6.10. The summed E-state index contributed by atoms with van der Waals surface area (Å²) in [5.41, 5.74) is 1.28. The van der Waals surface area contributed by atoms with Crippen LogP contribution in [0.5, 0.6) is 11.5 Å². The molecule has 4 rings (SSSR count). The van der Waals surface area contributed by atoms with Gasteiger partial charge in [0.15, 0.2) is 18.1 Å². The number of hydrogen-bond donors (Lipinski definition) is 1. The van der Waals surface area contributed by atoms with E-state index in [0.717, 1.165) is 16.3 Å². The molecule has 0 bridgehead atoms. The van der Waals surface area contributed by atoms with Gasteiger partial charge >= 0.3 is 5.97 Å². The van der Waals surface area contributed by atoms with E-state index >= 15 is 0 Å². The maximum absolute atomic E-state index is 12.2. The molecule has 0 saturated carbocycles. The standard InChI is InChI=1S/C21H17NO5/c23-20(22-11-14-5-8-18-19(9-14)27-13-26-18)12-25-21(24)17-7-6-15-3-1-2-4-16(15)10-17/h1-10H,11-13H2,(H,22,23). The summed E-state index contributed by atoms with van der Waals surface area (Å²) in [5, 5.41) is 4.70. The van der Waals surface area contributed by atoms with Crippen LogP contribution in [0.1, 0.15) is 15.9 Å². The third kappa shape index (κ3) is 3.84. The van der Waals surface area contributed by atoms with Crippen molar-refractivity contribution in [3.05, 3.63) is 71.8 Å². The van der Waals surface area contributed by atoms with Crippen LogP contribution in [0.25, 0.3) is 10.8 Å². The van der Waals surface area contributed by atoms with E-state index in [1.54, 1.807) is 18.2 Å². The Bertz CT molecular complexity index is 1010. The maximum Gasteiger partial charge on any atom is 0.338 e. The molecule has 1 heterocycles. The SMILES string of the molecule is O=C(COC(=O)c1ccc2ccccc2c1)NCc1ccc2c(c1)OCO2. The number of carbonyl (C=O) groups excluding carboxylic acids is 2. The monoisotopic (exact) mass is 363 g/mol. The van der Waals surface area contributed by atoms with Crippen molar-refractivity contribution in [2.24, 2.45) is 0 Å². The number of amides is 1. The predicted octanol–water partition coefficient (Wildman–Crippen LogP) is 3.04. The first-order valence-electron chi connectivity index (χ1n) is 8.50. The van der Waals surface area contributed by atoms with Crippen molar-refractivity contribution < 1.29 is 23.8 Å². The predicted molar refractivity (Wildman–Crippen MR) is 98.6 cm³/mol. The van der Waals surface area contributed by atoms with Gasteiger partial charge in [0, 0.05) is 6.54 Å². The van der Waals surface area contributed by atoms with E-state index in [2.05, 4.69) is 5.32 Å². The number of benzene rings is 3. The largest absolute Gasteiger partial charge is 0.454 e. The number of hydrogen-bond acceptors (Lipinski definition) is 5. The van der Waals surface area contributed by atoms with Gasteiger partial charge in [0.05, 0.1) is 5.56 Å². The van der Waals surface area contributed by atoms with Gasteiger partial charge < -0.3 is 19.5 Å². The fourth-order valence-electron chi connectivity index (χ4n) is 2.83. The smallest absolute Gasteiger partial charge is 0.338 e. The first-order valence-corrected chi connectivity index (χ1v) is 8.50. The van der Waals surface area contributed by atoms with E-state index in [0.29, 0.717) is 23.6 Å². The van der Waals surface area contributed by atoms with Gasteiger partial charge in [-0.25, -0.2) is 4.79 Å². The van der Waals surface area contributed by atoms with Crippen LogP contribution in [0.4, 0.5) is 0 Å². The Morgan fingerprint density at radius 3 is 2.63 bits per heavy atom. The normalized spacial score (nSPS) is 12.0. The summed E-state index contributed by atoms with van der Waals surface area (Å²) in [4.78, 5) is 24.1. The average molecular weight is 363 g/mol. The molecule has 6 nitrogen and oxygen atoms in total. The third-order valence-electron chi connectivity index (χ3n) is 4.25. The number of nitrogens with one attached hydrogen (secondary N) is 1. The Balaban J connectivity index is 1.30. The van der Waals surface area contributed by atoms with Gasteiger partial charge in [0.2, 0.25) is 6.79 Å². The molecule has 0 spiro atoms. The Labute approximate surface area is 155 Å². The molecule has 1 aliphatic heterocycles. The lowest BCUT2D eigenvalue weighted by molar-refractivity contribution is -0.124. The zero-order valence-electron chi connectivity index (χ0n) is 14.4. The minimum atomic E-state index is -0.529. The topological polar surface area (TPSA) is 73.9 Å². The number of carbonyl (C=O) groups is 2. The Morgan fingerprint density at radius 2 is 1.74 bits per heavy atom. The van der Waals surface area contributed by atoms with E-state index < -0.39 is 5.97 Å². The first-order chi connectivity index (χ1) is 13.2. The Morgan fingerprint density at radius 1 is 0.926 bits per heavy atom. The van der Waals surface area contributed by atoms with Crippen molar-refractivity contribution in [1.29, 1.82) is 0 Å². The molecule has 0 unspecified atom stereocenters. The van der Waals surface area contributed by atoms with Gasteiger partial charge in [-0.05, 0) is 40.6 Å². The molecule has 0 atom stereocenters. The summed E-state index contributed by atoms with van der Waals surface area (Å²) in [6.07, 6.45) is 0. The molecule has 136 valence electrons. The number of esters is 1.